The quantitative estimate of drug-likeness (QED) is 0.676. The highest BCUT2D eigenvalue weighted by molar-refractivity contribution is 5.95. The maximum Gasteiger partial charge on any atom is 0.305 e. The smallest absolute Gasteiger partial charge is 0.305 e. The number of carbonyl (C=O) groups is 3. The number of furan rings is 1. The lowest BCUT2D eigenvalue weighted by atomic mass is 9.49. The summed E-state index contributed by atoms with van der Waals surface area (Å²) < 4.78 is 5.00. The van der Waals surface area contributed by atoms with Gasteiger partial charge in [0.15, 0.2) is 5.76 Å². The Labute approximate surface area is 165 Å². The van der Waals surface area contributed by atoms with E-state index in [0.717, 1.165) is 19.3 Å². The van der Waals surface area contributed by atoms with E-state index in [1.54, 1.807) is 6.07 Å². The number of amides is 3. The predicted molar refractivity (Wildman–Crippen MR) is 102 cm³/mol. The van der Waals surface area contributed by atoms with Gasteiger partial charge in [0, 0.05) is 5.41 Å². The zero-order valence-corrected chi connectivity index (χ0v) is 16.5. The first-order chi connectivity index (χ1) is 13.4. The van der Waals surface area contributed by atoms with Gasteiger partial charge in [-0.05, 0) is 74.3 Å². The van der Waals surface area contributed by atoms with Crippen molar-refractivity contribution in [2.24, 2.45) is 29.1 Å². The molecule has 0 saturated heterocycles. The summed E-state index contributed by atoms with van der Waals surface area (Å²) in [5, 5.41) is 3.01. The average Bonchev–Trinajstić information content (AvgIpc) is 3.17. The Kier molecular flexibility index (Phi) is 4.93. The van der Waals surface area contributed by atoms with Crippen molar-refractivity contribution in [1.82, 2.24) is 16.2 Å². The molecule has 3 N–H and O–H groups in total. The molecule has 4 aliphatic carbocycles. The maximum atomic E-state index is 13.2. The molecular formula is C21H29N3O4. The Morgan fingerprint density at radius 3 is 2.14 bits per heavy atom. The number of hydrogen-bond acceptors (Lipinski definition) is 4. The highest BCUT2D eigenvalue weighted by Crippen LogP contribution is 2.60. The summed E-state index contributed by atoms with van der Waals surface area (Å²) >= 11 is 0. The fourth-order valence-electron chi connectivity index (χ4n) is 5.88. The summed E-state index contributed by atoms with van der Waals surface area (Å²) in [7, 11) is 0. The van der Waals surface area contributed by atoms with Gasteiger partial charge in [-0.15, -0.1) is 0 Å². The SMILES string of the molecule is CC(C)[C@H](NC(=O)C12CC3CC(CC(C3)C1)C2)C(=O)NNC(=O)c1ccco1. The number of nitrogens with one attached hydrogen (secondary N) is 3. The molecule has 0 unspecified atom stereocenters. The van der Waals surface area contributed by atoms with Crippen LogP contribution in [0.2, 0.25) is 0 Å². The molecule has 152 valence electrons. The van der Waals surface area contributed by atoms with E-state index in [1.807, 2.05) is 13.8 Å². The minimum Gasteiger partial charge on any atom is -0.459 e. The van der Waals surface area contributed by atoms with E-state index in [1.165, 1.54) is 31.6 Å². The van der Waals surface area contributed by atoms with Gasteiger partial charge in [0.1, 0.15) is 6.04 Å². The second-order valence-electron chi connectivity index (χ2n) is 9.31. The largest absolute Gasteiger partial charge is 0.459 e. The Balaban J connectivity index is 1.38. The van der Waals surface area contributed by atoms with Crippen molar-refractivity contribution in [2.75, 3.05) is 0 Å². The Hall–Kier alpha value is -2.31. The van der Waals surface area contributed by atoms with Crippen LogP contribution in [0.25, 0.3) is 0 Å². The number of rotatable bonds is 5. The third-order valence-electron chi connectivity index (χ3n) is 6.80. The zero-order chi connectivity index (χ0) is 19.9. The molecule has 3 amide bonds. The summed E-state index contributed by atoms with van der Waals surface area (Å²) in [6.07, 6.45) is 8.03. The maximum absolute atomic E-state index is 13.2. The Morgan fingerprint density at radius 2 is 1.64 bits per heavy atom. The average molecular weight is 387 g/mol. The van der Waals surface area contributed by atoms with Crippen molar-refractivity contribution in [3.63, 3.8) is 0 Å². The van der Waals surface area contributed by atoms with Crippen LogP contribution in [0.3, 0.4) is 0 Å². The summed E-state index contributed by atoms with van der Waals surface area (Å²) in [5.74, 6) is 1.05. The molecular weight excluding hydrogens is 358 g/mol. The van der Waals surface area contributed by atoms with Gasteiger partial charge in [-0.25, -0.2) is 0 Å². The normalized spacial score (nSPS) is 31.5. The van der Waals surface area contributed by atoms with E-state index >= 15 is 0 Å². The van der Waals surface area contributed by atoms with Gasteiger partial charge >= 0.3 is 5.91 Å². The first kappa shape index (κ1) is 19.0. The lowest BCUT2D eigenvalue weighted by Crippen LogP contribution is -2.59. The molecule has 4 aliphatic rings. The zero-order valence-electron chi connectivity index (χ0n) is 16.5. The monoisotopic (exact) mass is 387 g/mol. The van der Waals surface area contributed by atoms with Crippen LogP contribution in [0, 0.1) is 29.1 Å². The molecule has 7 heteroatoms. The molecule has 28 heavy (non-hydrogen) atoms. The minimum absolute atomic E-state index is 0.0119. The van der Waals surface area contributed by atoms with Gasteiger partial charge in [0.05, 0.1) is 6.26 Å². The van der Waals surface area contributed by atoms with E-state index in [-0.39, 0.29) is 23.0 Å². The van der Waals surface area contributed by atoms with Crippen LogP contribution in [0.15, 0.2) is 22.8 Å². The van der Waals surface area contributed by atoms with Crippen molar-refractivity contribution in [1.29, 1.82) is 0 Å². The lowest BCUT2D eigenvalue weighted by molar-refractivity contribution is -0.149. The molecule has 1 aromatic heterocycles. The first-order valence-electron chi connectivity index (χ1n) is 10.3. The van der Waals surface area contributed by atoms with Gasteiger partial charge in [0.2, 0.25) is 5.91 Å². The Morgan fingerprint density at radius 1 is 1.04 bits per heavy atom. The third-order valence-corrected chi connectivity index (χ3v) is 6.80. The second-order valence-corrected chi connectivity index (χ2v) is 9.31. The van der Waals surface area contributed by atoms with E-state index in [2.05, 4.69) is 16.2 Å². The van der Waals surface area contributed by atoms with Crippen LogP contribution in [0.1, 0.15) is 62.9 Å². The number of hydrogen-bond donors (Lipinski definition) is 3. The van der Waals surface area contributed by atoms with Gasteiger partial charge in [-0.2, -0.15) is 0 Å². The first-order valence-corrected chi connectivity index (χ1v) is 10.3. The molecule has 1 aromatic rings. The molecule has 1 atom stereocenters. The molecule has 1 heterocycles. The van der Waals surface area contributed by atoms with Crippen LogP contribution >= 0.6 is 0 Å². The van der Waals surface area contributed by atoms with Crippen LogP contribution < -0.4 is 16.2 Å². The summed E-state index contributed by atoms with van der Waals surface area (Å²) in [6.45, 7) is 3.77. The van der Waals surface area contributed by atoms with Gasteiger partial charge in [-0.3, -0.25) is 25.2 Å². The highest BCUT2D eigenvalue weighted by atomic mass is 16.3. The molecule has 4 bridgehead atoms. The fourth-order valence-corrected chi connectivity index (χ4v) is 5.88. The minimum atomic E-state index is -0.697. The number of hydrazine groups is 1. The molecule has 0 radical (unpaired) electrons. The van der Waals surface area contributed by atoms with E-state index < -0.39 is 17.9 Å². The van der Waals surface area contributed by atoms with Crippen molar-refractivity contribution in [2.45, 2.75) is 58.4 Å². The second kappa shape index (κ2) is 7.26. The molecule has 0 aromatic carbocycles. The lowest BCUT2D eigenvalue weighted by Gasteiger charge is -2.55. The number of carbonyl (C=O) groups excluding carboxylic acids is 3. The van der Waals surface area contributed by atoms with E-state index in [0.29, 0.717) is 17.8 Å². The van der Waals surface area contributed by atoms with Gasteiger partial charge in [-0.1, -0.05) is 13.8 Å². The van der Waals surface area contributed by atoms with Crippen LogP contribution in [-0.2, 0) is 9.59 Å². The molecule has 0 spiro atoms. The van der Waals surface area contributed by atoms with Gasteiger partial charge in [0.25, 0.3) is 5.91 Å². The summed E-state index contributed by atoms with van der Waals surface area (Å²) in [4.78, 5) is 37.8. The third kappa shape index (κ3) is 3.54. The predicted octanol–water partition coefficient (Wildman–Crippen LogP) is 2.40. The standard InChI is InChI=1S/C21H29N3O4/c1-12(2)17(19(26)24-23-18(25)16-4-3-5-28-16)22-20(27)21-9-13-6-14(10-21)8-15(7-13)11-21/h3-5,12-15,17H,6-11H2,1-2H3,(H,22,27)(H,23,25)(H,24,26)/t13?,14?,15?,17-,21?/m0/s1. The van der Waals surface area contributed by atoms with Crippen LogP contribution in [0.4, 0.5) is 0 Å². The molecule has 4 fully saturated rings. The molecule has 0 aliphatic heterocycles. The van der Waals surface area contributed by atoms with Crippen molar-refractivity contribution >= 4 is 17.7 Å². The van der Waals surface area contributed by atoms with Crippen LogP contribution in [-0.4, -0.2) is 23.8 Å². The van der Waals surface area contributed by atoms with Crippen molar-refractivity contribution in [3.05, 3.63) is 24.2 Å². The molecule has 5 rings (SSSR count). The topological polar surface area (TPSA) is 100 Å². The van der Waals surface area contributed by atoms with Gasteiger partial charge < -0.3 is 9.73 Å². The summed E-state index contributed by atoms with van der Waals surface area (Å²) in [5.41, 5.74) is 4.46. The van der Waals surface area contributed by atoms with Crippen molar-refractivity contribution in [3.8, 4) is 0 Å². The fraction of sp³-hybridized carbons (Fsp3) is 0.667. The van der Waals surface area contributed by atoms with E-state index in [4.69, 9.17) is 4.42 Å². The Bertz CT molecular complexity index is 720. The highest BCUT2D eigenvalue weighted by Gasteiger charge is 2.55. The molecule has 7 nitrogen and oxygen atoms in total. The molecule has 4 saturated carbocycles. The van der Waals surface area contributed by atoms with Crippen LogP contribution in [0.5, 0.6) is 0 Å². The van der Waals surface area contributed by atoms with Crippen molar-refractivity contribution < 1.29 is 18.8 Å². The van der Waals surface area contributed by atoms with E-state index in [9.17, 15) is 14.4 Å². The summed E-state index contributed by atoms with van der Waals surface area (Å²) in [6, 6.07) is 2.41.